The zero-order valence-corrected chi connectivity index (χ0v) is 26.4. The topological polar surface area (TPSA) is 29.5 Å². The van der Waals surface area contributed by atoms with Crippen LogP contribution in [0.15, 0.2) is 102 Å². The maximum atomic E-state index is 17.7. The van der Waals surface area contributed by atoms with Crippen LogP contribution in [0.2, 0.25) is 0 Å². The van der Waals surface area contributed by atoms with Gasteiger partial charge in [-0.1, -0.05) is 60.7 Å². The molecule has 0 atom stereocenters. The molecule has 0 unspecified atom stereocenters. The fourth-order valence-electron chi connectivity index (χ4n) is 6.70. The Morgan fingerprint density at radius 3 is 2.33 bits per heavy atom. The van der Waals surface area contributed by atoms with Gasteiger partial charge < -0.3 is 22.3 Å². The lowest BCUT2D eigenvalue weighted by molar-refractivity contribution is -0.291. The summed E-state index contributed by atoms with van der Waals surface area (Å²) in [4.78, 5) is 7.09. The second-order valence-electron chi connectivity index (χ2n) is 11.0. The van der Waals surface area contributed by atoms with Crippen LogP contribution in [0, 0.1) is 10.5 Å². The monoisotopic (exact) mass is 699 g/mol. The molecule has 5 aromatic rings. The van der Waals surface area contributed by atoms with Gasteiger partial charge in [0, 0.05) is 30.2 Å². The van der Waals surface area contributed by atoms with Crippen molar-refractivity contribution in [2.24, 2.45) is 4.99 Å². The number of aliphatic imine (C=N–C) groups is 1. The van der Waals surface area contributed by atoms with Crippen LogP contribution in [0.4, 0.5) is 14.4 Å². The summed E-state index contributed by atoms with van der Waals surface area (Å²) < 4.78 is 44.2. The number of thiophene rings is 1. The van der Waals surface area contributed by atoms with Crippen molar-refractivity contribution < 1.29 is 17.9 Å². The fourth-order valence-corrected chi connectivity index (χ4v) is 8.90. The molecule has 9 heteroatoms. The van der Waals surface area contributed by atoms with Crippen molar-refractivity contribution in [1.82, 2.24) is 4.48 Å². The SMILES string of the molecule is COc1ccc2c(c1)CCC1=C(c3ccccc3)C3=Nc4c(-c5ccccc5)c(I)c(-c5ccc(C)s5)n4[B-](F)(F)[N+]3=C12. The zero-order valence-electron chi connectivity index (χ0n) is 23.4. The number of fused-ring (bicyclic) bond motifs is 5. The maximum absolute atomic E-state index is 17.7. The van der Waals surface area contributed by atoms with Crippen LogP contribution in [-0.4, -0.2) is 34.6 Å². The molecule has 3 aromatic carbocycles. The number of aryl methyl sites for hydroxylation is 2. The first-order valence-electron chi connectivity index (χ1n) is 14.2. The number of rotatable bonds is 4. The Kier molecular flexibility index (Phi) is 6.14. The van der Waals surface area contributed by atoms with E-state index >= 15 is 8.63 Å². The molecule has 4 heterocycles. The minimum absolute atomic E-state index is 0.302. The lowest BCUT2D eigenvalue weighted by Crippen LogP contribution is -2.53. The fraction of sp³-hybridized carbons (Fsp3) is 0.118. The summed E-state index contributed by atoms with van der Waals surface area (Å²) in [6.45, 7) is -2.35. The molecule has 3 aliphatic rings. The van der Waals surface area contributed by atoms with E-state index in [0.29, 0.717) is 29.5 Å². The standard InChI is InChI=1S/C34H25BF2IN3OS/c1-20-13-18-27(43-20)32-30(38)29(22-11-7-4-8-12-22)34-39-33-28(21-9-5-3-6-10-21)26-16-14-23-19-24(42-2)15-17-25(23)31(26)40(33)35(36,37)41(32)34/h3-13,15,17-19H,14,16H2,1-2H3. The summed E-state index contributed by atoms with van der Waals surface area (Å²) in [7, 11) is 1.63. The molecule has 2 aromatic heterocycles. The Hall–Kier alpha value is -3.83. The predicted molar refractivity (Wildman–Crippen MR) is 180 cm³/mol. The van der Waals surface area contributed by atoms with Crippen LogP contribution in [-0.2, 0) is 6.42 Å². The van der Waals surface area contributed by atoms with Gasteiger partial charge in [0.15, 0.2) is 0 Å². The van der Waals surface area contributed by atoms with Gasteiger partial charge in [0.25, 0.3) is 5.84 Å². The van der Waals surface area contributed by atoms with E-state index in [1.807, 2.05) is 97.9 Å². The molecule has 43 heavy (non-hydrogen) atoms. The van der Waals surface area contributed by atoms with Crippen LogP contribution in [0.1, 0.15) is 28.0 Å². The van der Waals surface area contributed by atoms with Crippen LogP contribution in [0.5, 0.6) is 5.75 Å². The largest absolute Gasteiger partial charge is 0.642 e. The molecule has 0 spiro atoms. The Balaban J connectivity index is 1.50. The van der Waals surface area contributed by atoms with Gasteiger partial charge in [-0.15, -0.1) is 11.3 Å². The van der Waals surface area contributed by atoms with Gasteiger partial charge in [0.1, 0.15) is 5.75 Å². The summed E-state index contributed by atoms with van der Waals surface area (Å²) in [5.74, 6) is 1.34. The molecule has 8 rings (SSSR count). The van der Waals surface area contributed by atoms with E-state index in [2.05, 4.69) is 22.6 Å². The van der Waals surface area contributed by atoms with Gasteiger partial charge in [-0.25, -0.2) is 0 Å². The number of ether oxygens (including phenoxy) is 1. The maximum Gasteiger partial charge on any atom is 0.642 e. The van der Waals surface area contributed by atoms with Crippen molar-refractivity contribution >= 4 is 63.8 Å². The normalized spacial score (nSPS) is 16.4. The molecule has 2 aliphatic heterocycles. The number of allylic oxidation sites excluding steroid dienone is 1. The molecular weight excluding hydrogens is 674 g/mol. The Labute approximate surface area is 265 Å². The molecule has 0 radical (unpaired) electrons. The molecule has 0 fully saturated rings. The molecule has 1 aliphatic carbocycles. The summed E-state index contributed by atoms with van der Waals surface area (Å²) in [5, 5.41) is 0. The van der Waals surface area contributed by atoms with Crippen LogP contribution >= 0.6 is 33.9 Å². The van der Waals surface area contributed by atoms with Crippen molar-refractivity contribution in [1.29, 1.82) is 0 Å². The summed E-state index contributed by atoms with van der Waals surface area (Å²) in [5.41, 5.74) is 7.08. The average molecular weight is 699 g/mol. The van der Waals surface area contributed by atoms with Crippen LogP contribution < -0.4 is 4.74 Å². The highest BCUT2D eigenvalue weighted by Gasteiger charge is 2.56. The first-order valence-corrected chi connectivity index (χ1v) is 16.1. The zero-order chi connectivity index (χ0) is 29.5. The Morgan fingerprint density at radius 1 is 0.930 bits per heavy atom. The lowest BCUT2D eigenvalue weighted by Gasteiger charge is -2.32. The first kappa shape index (κ1) is 26.8. The number of methoxy groups -OCH3 is 1. The van der Waals surface area contributed by atoms with Crippen molar-refractivity contribution in [3.05, 3.63) is 122 Å². The molecule has 4 nitrogen and oxygen atoms in total. The van der Waals surface area contributed by atoms with Gasteiger partial charge in [0.2, 0.25) is 5.82 Å². The van der Waals surface area contributed by atoms with E-state index in [1.54, 1.807) is 7.11 Å². The molecule has 0 bridgehead atoms. The Bertz CT molecular complexity index is 2060. The third-order valence-corrected chi connectivity index (χ3v) is 10.6. The molecule has 212 valence electrons. The summed E-state index contributed by atoms with van der Waals surface area (Å²) >= 11 is 3.77. The molecular formula is C34H25BF2IN3OS. The van der Waals surface area contributed by atoms with Crippen molar-refractivity contribution in [3.8, 4) is 27.4 Å². The molecule has 0 amide bonds. The van der Waals surface area contributed by atoms with E-state index in [1.165, 1.54) is 20.3 Å². The highest BCUT2D eigenvalue weighted by molar-refractivity contribution is 14.1. The molecule has 0 saturated heterocycles. The van der Waals surface area contributed by atoms with E-state index in [9.17, 15) is 0 Å². The van der Waals surface area contributed by atoms with Gasteiger partial charge in [0.05, 0.1) is 24.0 Å². The second-order valence-corrected chi connectivity index (χ2v) is 13.4. The number of benzene rings is 3. The highest BCUT2D eigenvalue weighted by Crippen LogP contribution is 2.51. The number of hydrogen-bond acceptors (Lipinski definition) is 3. The van der Waals surface area contributed by atoms with Crippen molar-refractivity contribution in [3.63, 3.8) is 0 Å². The second kappa shape index (κ2) is 9.85. The van der Waals surface area contributed by atoms with E-state index < -0.39 is 6.97 Å². The lowest BCUT2D eigenvalue weighted by atomic mass is 9.83. The number of amidine groups is 1. The van der Waals surface area contributed by atoms with E-state index in [4.69, 9.17) is 9.73 Å². The van der Waals surface area contributed by atoms with Crippen LogP contribution in [0.25, 0.3) is 27.3 Å². The number of nitrogens with zero attached hydrogens (tertiary/aromatic N) is 3. The van der Waals surface area contributed by atoms with Gasteiger partial charge >= 0.3 is 6.97 Å². The van der Waals surface area contributed by atoms with Gasteiger partial charge in [-0.2, -0.15) is 0 Å². The third kappa shape index (κ3) is 3.90. The Morgan fingerprint density at radius 2 is 1.65 bits per heavy atom. The smallest absolute Gasteiger partial charge is 0.497 e. The van der Waals surface area contributed by atoms with E-state index in [-0.39, 0.29) is 0 Å². The number of hydrogen-bond donors (Lipinski definition) is 0. The van der Waals surface area contributed by atoms with Crippen molar-refractivity contribution in [2.45, 2.75) is 19.8 Å². The summed E-state index contributed by atoms with van der Waals surface area (Å²) in [6, 6.07) is 29.3. The molecule has 0 saturated carbocycles. The minimum Gasteiger partial charge on any atom is -0.497 e. The van der Waals surface area contributed by atoms with Crippen LogP contribution in [0.3, 0.4) is 0 Å². The number of aromatic nitrogens is 1. The minimum atomic E-state index is -4.35. The summed E-state index contributed by atoms with van der Waals surface area (Å²) in [6.07, 6.45) is 1.37. The molecule has 0 N–H and O–H groups in total. The average Bonchev–Trinajstić information content (AvgIpc) is 3.69. The third-order valence-electron chi connectivity index (χ3n) is 8.54. The van der Waals surface area contributed by atoms with Crippen molar-refractivity contribution in [2.75, 3.05) is 7.11 Å². The quantitative estimate of drug-likeness (QED) is 0.136. The highest BCUT2D eigenvalue weighted by atomic mass is 127. The predicted octanol–water partition coefficient (Wildman–Crippen LogP) is 8.99. The first-order chi connectivity index (χ1) is 20.9. The number of halogens is 3. The van der Waals surface area contributed by atoms with Gasteiger partial charge in [-0.05, 0) is 94.4 Å². The van der Waals surface area contributed by atoms with E-state index in [0.717, 1.165) is 64.5 Å². The van der Waals surface area contributed by atoms with Gasteiger partial charge in [-0.3, -0.25) is 0 Å².